The van der Waals surface area contributed by atoms with Crippen LogP contribution in [-0.4, -0.2) is 140 Å². The number of Topliss-reactive ketones (excluding diaryl/α,β-unsaturated/α-hetero) is 4. The van der Waals surface area contributed by atoms with E-state index in [0.717, 1.165) is 93.3 Å². The lowest BCUT2D eigenvalue weighted by Gasteiger charge is -2.29. The first kappa shape index (κ1) is 79.2. The number of benzene rings is 7. The van der Waals surface area contributed by atoms with E-state index in [2.05, 4.69) is 50.6 Å². The van der Waals surface area contributed by atoms with Crippen LogP contribution in [0, 0.1) is 0 Å². The highest BCUT2D eigenvalue weighted by atomic mass is 16.6. The highest BCUT2D eigenvalue weighted by molar-refractivity contribution is 6.27. The smallest absolute Gasteiger partial charge is 0.337 e. The van der Waals surface area contributed by atoms with Gasteiger partial charge in [0, 0.05) is 39.2 Å². The molecule has 4 saturated carbocycles. The first-order chi connectivity index (χ1) is 55.0. The fourth-order valence-electron chi connectivity index (χ4n) is 17.3. The number of ether oxygens (including phenoxy) is 5. The van der Waals surface area contributed by atoms with Crippen molar-refractivity contribution in [2.45, 2.75) is 179 Å². The number of ketones is 4. The fourth-order valence-corrected chi connectivity index (χ4v) is 17.3. The van der Waals surface area contributed by atoms with Crippen LogP contribution in [0.4, 0.5) is 0 Å². The second-order valence-electron chi connectivity index (χ2n) is 30.7. The van der Waals surface area contributed by atoms with Gasteiger partial charge in [0.1, 0.15) is 47.2 Å². The van der Waals surface area contributed by atoms with Crippen LogP contribution in [0.3, 0.4) is 0 Å². The number of imide groups is 4. The average Bonchev–Trinajstić information content (AvgIpc) is 1.62. The number of esters is 1. The van der Waals surface area contributed by atoms with Crippen molar-refractivity contribution >= 4 is 76.4 Å². The van der Waals surface area contributed by atoms with Gasteiger partial charge in [-0.25, -0.2) is 4.79 Å². The van der Waals surface area contributed by atoms with Gasteiger partial charge < -0.3 is 23.7 Å². The largest absolute Gasteiger partial charge is 0.489 e. The molecule has 8 amide bonds. The summed E-state index contributed by atoms with van der Waals surface area (Å²) in [6.45, 7) is 15.1. The molecule has 0 radical (unpaired) electrons. The van der Waals surface area contributed by atoms with Gasteiger partial charge in [-0.05, 0) is 215 Å². The molecule has 5 unspecified atom stereocenters. The van der Waals surface area contributed by atoms with Gasteiger partial charge in [0.15, 0.2) is 23.1 Å². The predicted molar refractivity (Wildman–Crippen MR) is 424 cm³/mol. The molecule has 0 saturated heterocycles. The number of methoxy groups -OCH3 is 1. The van der Waals surface area contributed by atoms with Crippen LogP contribution in [0.5, 0.6) is 34.5 Å². The van der Waals surface area contributed by atoms with Gasteiger partial charge in [0.25, 0.3) is 47.3 Å². The van der Waals surface area contributed by atoms with Gasteiger partial charge >= 0.3 is 5.97 Å². The monoisotopic (exact) mass is 1550 g/mol. The van der Waals surface area contributed by atoms with E-state index < -0.39 is 77.4 Å². The van der Waals surface area contributed by atoms with Gasteiger partial charge in [-0.2, -0.15) is 0 Å². The highest BCUT2D eigenvalue weighted by Gasteiger charge is 2.50. The minimum Gasteiger partial charge on any atom is -0.489 e. The zero-order valence-corrected chi connectivity index (χ0v) is 63.3. The lowest BCUT2D eigenvalue weighted by molar-refractivity contribution is -0.138. The number of fused-ring (bicyclic) bond motifs is 7. The van der Waals surface area contributed by atoms with Crippen LogP contribution in [-0.2, 0) is 67.2 Å². The maximum absolute atomic E-state index is 13.2. The minimum absolute atomic E-state index is 0. The Hall–Kier alpha value is -12.4. The van der Waals surface area contributed by atoms with E-state index in [1.165, 1.54) is 71.5 Å². The summed E-state index contributed by atoms with van der Waals surface area (Å²) in [6.07, 6.45) is 15.3. The van der Waals surface area contributed by atoms with Crippen molar-refractivity contribution in [2.75, 3.05) is 13.7 Å². The van der Waals surface area contributed by atoms with Crippen molar-refractivity contribution < 1.29 is 86.0 Å². The standard InChI is InChI=1S/2C25H23NO4.C24H21NO4.C18H17NO6.CH4/c2*1-15-9-12-20(21(27)13-15)26-24(28)19-7-4-8-22(23(19)25(26)29)30-18-11-10-16-5-2-3-6-17(16)14-18;1-14-8-11-19(20(26)12-14)25-23(27)18-6-3-7-21(22(18)24(25)28)29-17-10-9-15-4-2-5-16(15)13-17;1-10-6-7-12(13(20)8-10)19-17(22)11-4-3-5-14(16(11)18(19)23)25-15(21)9-24-2;/h4,7-8,10-11,14,20H,1-3,5-6,9,12-13H2;2-8,18,20H,1,9-14H2;3,6-7,9-10,13,19H,1-2,4-5,8,11-12H2;3-5,12H,1,6-9H2,2H3;1H4. The molecule has 588 valence electrons. The SMILES string of the molecule is C.C=C1CCC(N2C(=O)c3cccc(OC(=O)COC)c3C2=O)C(=O)C1.C=C1CCC(N2C(=O)c3cccc(OC4CCc5ccccc5C4)c3C2=O)C(=O)C1.C=C1CCC(N2C(=O)c3cccc(Oc4ccc5c(c4)CCC5)c3C2=O)C(=O)C1.C=C1CCC(N2C(=O)c3cccc(Oc4ccc5c(c4)CCCC5)c3C2=O)C(=O)C1. The number of aryl methyl sites for hydroxylation is 5. The summed E-state index contributed by atoms with van der Waals surface area (Å²) in [5.74, 6) is -2.53. The Morgan fingerprint density at radius 3 is 1.10 bits per heavy atom. The average molecular weight is 1550 g/mol. The molecule has 22 heteroatoms. The van der Waals surface area contributed by atoms with E-state index >= 15 is 0 Å². The Morgan fingerprint density at radius 2 is 0.696 bits per heavy atom. The van der Waals surface area contributed by atoms with Crippen LogP contribution < -0.4 is 18.9 Å². The molecule has 11 aliphatic rings. The Balaban J connectivity index is 0.000000127. The summed E-state index contributed by atoms with van der Waals surface area (Å²) in [4.78, 5) is 170. The molecule has 18 rings (SSSR count). The molecule has 22 nitrogen and oxygen atoms in total. The number of nitrogens with zero attached hydrogens (tertiary/aromatic N) is 4. The quantitative estimate of drug-likeness (QED) is 0.0449. The molecule has 4 fully saturated rings. The predicted octanol–water partition coefficient (Wildman–Crippen LogP) is 14.9. The molecule has 7 aromatic carbocycles. The summed E-state index contributed by atoms with van der Waals surface area (Å²) in [7, 11) is 1.34. The summed E-state index contributed by atoms with van der Waals surface area (Å²) in [6, 6.07) is 37.0. The van der Waals surface area contributed by atoms with Crippen LogP contribution in [0.2, 0.25) is 0 Å². The second kappa shape index (κ2) is 33.3. The molecule has 0 aromatic heterocycles. The Labute approximate surface area is 665 Å². The molecular formula is C93H88N4O18. The molecule has 5 atom stereocenters. The summed E-state index contributed by atoms with van der Waals surface area (Å²) in [5, 5.41) is 0. The maximum Gasteiger partial charge on any atom is 0.337 e. The van der Waals surface area contributed by atoms with E-state index in [1.54, 1.807) is 54.6 Å². The van der Waals surface area contributed by atoms with Gasteiger partial charge in [0.2, 0.25) is 0 Å². The molecule has 115 heavy (non-hydrogen) atoms. The molecule has 7 aliphatic carbocycles. The summed E-state index contributed by atoms with van der Waals surface area (Å²) in [5.41, 5.74) is 13.0. The lowest BCUT2D eigenvalue weighted by Crippen LogP contribution is -2.46. The van der Waals surface area contributed by atoms with Crippen molar-refractivity contribution in [3.63, 3.8) is 0 Å². The third-order valence-electron chi connectivity index (χ3n) is 23.1. The van der Waals surface area contributed by atoms with Gasteiger partial charge in [-0.15, -0.1) is 0 Å². The summed E-state index contributed by atoms with van der Waals surface area (Å²) < 4.78 is 28.2. The van der Waals surface area contributed by atoms with Crippen molar-refractivity contribution in [1.82, 2.24) is 19.6 Å². The maximum atomic E-state index is 13.2. The van der Waals surface area contributed by atoms with Crippen molar-refractivity contribution in [3.05, 3.63) is 260 Å². The van der Waals surface area contributed by atoms with Crippen LogP contribution in [0.1, 0.15) is 226 Å². The first-order valence-corrected chi connectivity index (χ1v) is 38.9. The molecule has 4 aliphatic heterocycles. The third kappa shape index (κ3) is 15.7. The normalized spacial score (nSPS) is 21.2. The van der Waals surface area contributed by atoms with Crippen LogP contribution in [0.25, 0.3) is 0 Å². The summed E-state index contributed by atoms with van der Waals surface area (Å²) >= 11 is 0. The Bertz CT molecular complexity index is 5370. The first-order valence-electron chi connectivity index (χ1n) is 38.9. The van der Waals surface area contributed by atoms with E-state index in [4.69, 9.17) is 23.7 Å². The number of hydrogen-bond donors (Lipinski definition) is 0. The fraction of sp³-hybridized carbons (Fsp3) is 0.323. The number of carbonyl (C=O) groups is 13. The third-order valence-corrected chi connectivity index (χ3v) is 23.1. The van der Waals surface area contributed by atoms with Gasteiger partial charge in [0.05, 0.1) is 68.7 Å². The topological polar surface area (TPSA) is 281 Å². The molecule has 7 aromatic rings. The molecule has 4 heterocycles. The molecule has 0 spiro atoms. The Kier molecular flexibility index (Phi) is 23.0. The number of allylic oxidation sites excluding steroid dienone is 4. The van der Waals surface area contributed by atoms with Crippen molar-refractivity contribution in [2.24, 2.45) is 0 Å². The zero-order chi connectivity index (χ0) is 79.9. The molecule has 0 N–H and O–H groups in total. The van der Waals surface area contributed by atoms with Crippen LogP contribution in [0.15, 0.2) is 182 Å². The van der Waals surface area contributed by atoms with Gasteiger partial charge in [-0.1, -0.05) is 117 Å². The van der Waals surface area contributed by atoms with Crippen LogP contribution >= 0.6 is 0 Å². The number of carbonyl (C=O) groups excluding carboxylic acids is 13. The number of amides is 8. The zero-order valence-electron chi connectivity index (χ0n) is 63.3. The van der Waals surface area contributed by atoms with E-state index in [1.807, 2.05) is 36.4 Å². The number of hydrogen-bond acceptors (Lipinski definition) is 18. The molecule has 0 bridgehead atoms. The van der Waals surface area contributed by atoms with E-state index in [9.17, 15) is 62.3 Å². The van der Waals surface area contributed by atoms with Gasteiger partial charge in [-0.3, -0.25) is 77.1 Å². The highest BCUT2D eigenvalue weighted by Crippen LogP contribution is 2.43. The van der Waals surface area contributed by atoms with E-state index in [0.29, 0.717) is 102 Å². The lowest BCUT2D eigenvalue weighted by atomic mass is 9.89. The minimum atomic E-state index is -0.805. The molecular weight excluding hydrogens is 1460 g/mol. The van der Waals surface area contributed by atoms with Crippen molar-refractivity contribution in [3.8, 4) is 34.5 Å². The second-order valence-corrected chi connectivity index (χ2v) is 30.7. The number of rotatable bonds is 13. The van der Waals surface area contributed by atoms with Crippen molar-refractivity contribution in [1.29, 1.82) is 0 Å². The Morgan fingerprint density at radius 1 is 0.357 bits per heavy atom. The van der Waals surface area contributed by atoms with E-state index in [-0.39, 0.29) is 97.0 Å².